The summed E-state index contributed by atoms with van der Waals surface area (Å²) in [6.45, 7) is 1.47. The maximum Gasteiger partial charge on any atom is 0.254 e. The minimum Gasteiger partial charge on any atom is -0.548 e. The fourth-order valence-electron chi connectivity index (χ4n) is 1.61. The van der Waals surface area contributed by atoms with Crippen molar-refractivity contribution < 1.29 is 14.7 Å². The predicted octanol–water partition coefficient (Wildman–Crippen LogP) is 1.02. The van der Waals surface area contributed by atoms with Gasteiger partial charge < -0.3 is 15.2 Å². The van der Waals surface area contributed by atoms with Gasteiger partial charge in [0.1, 0.15) is 5.03 Å². The molecule has 0 saturated heterocycles. The molecule has 1 amide bonds. The average molecular weight is 301 g/mol. The summed E-state index contributed by atoms with van der Waals surface area (Å²) in [5, 5.41) is 13.2. The molecule has 0 fully saturated rings. The van der Waals surface area contributed by atoms with Gasteiger partial charge in [-0.25, -0.2) is 4.98 Å². The molecule has 0 aliphatic heterocycles. The van der Waals surface area contributed by atoms with Crippen molar-refractivity contribution in [3.05, 3.63) is 53.7 Å². The lowest BCUT2D eigenvalue weighted by Gasteiger charge is -2.09. The van der Waals surface area contributed by atoms with E-state index in [1.807, 2.05) is 31.2 Å². The van der Waals surface area contributed by atoms with E-state index in [0.29, 0.717) is 10.6 Å². The van der Waals surface area contributed by atoms with E-state index in [9.17, 15) is 14.7 Å². The molecule has 5 nitrogen and oxygen atoms in total. The van der Waals surface area contributed by atoms with E-state index in [-0.39, 0.29) is 0 Å². The number of benzene rings is 1. The molecule has 0 aliphatic carbocycles. The van der Waals surface area contributed by atoms with Crippen molar-refractivity contribution in [2.75, 3.05) is 6.54 Å². The molecule has 2 aromatic rings. The van der Waals surface area contributed by atoms with E-state index in [4.69, 9.17) is 0 Å². The van der Waals surface area contributed by atoms with Gasteiger partial charge in [0.25, 0.3) is 5.91 Å². The summed E-state index contributed by atoms with van der Waals surface area (Å²) in [6.07, 6.45) is 1.59. The van der Waals surface area contributed by atoms with Crippen molar-refractivity contribution in [2.24, 2.45) is 0 Å². The molecule has 2 rings (SSSR count). The van der Waals surface area contributed by atoms with E-state index >= 15 is 0 Å². The minimum absolute atomic E-state index is 0.337. The zero-order valence-electron chi connectivity index (χ0n) is 11.3. The van der Waals surface area contributed by atoms with Crippen molar-refractivity contribution >= 4 is 23.6 Å². The molecule has 1 heterocycles. The smallest absolute Gasteiger partial charge is 0.254 e. The highest BCUT2D eigenvalue weighted by atomic mass is 32.2. The van der Waals surface area contributed by atoms with Crippen LogP contribution >= 0.6 is 11.8 Å². The van der Waals surface area contributed by atoms with Crippen molar-refractivity contribution in [1.82, 2.24) is 10.3 Å². The minimum atomic E-state index is -1.33. The van der Waals surface area contributed by atoms with Gasteiger partial charge in [0.2, 0.25) is 0 Å². The number of aromatic nitrogens is 1. The number of aryl methyl sites for hydroxylation is 1. The maximum atomic E-state index is 12.0. The Kier molecular flexibility index (Phi) is 4.94. The summed E-state index contributed by atoms with van der Waals surface area (Å²) in [4.78, 5) is 27.5. The first-order valence-corrected chi connectivity index (χ1v) is 7.05. The summed E-state index contributed by atoms with van der Waals surface area (Å²) >= 11 is 1.35. The van der Waals surface area contributed by atoms with Gasteiger partial charge in [0, 0.05) is 11.1 Å². The van der Waals surface area contributed by atoms with Crippen molar-refractivity contribution in [3.63, 3.8) is 0 Å². The second-order valence-electron chi connectivity index (χ2n) is 4.33. The first kappa shape index (κ1) is 15.1. The number of rotatable bonds is 5. The topological polar surface area (TPSA) is 82.1 Å². The van der Waals surface area contributed by atoms with Crippen LogP contribution < -0.4 is 10.4 Å². The highest BCUT2D eigenvalue weighted by molar-refractivity contribution is 7.99. The van der Waals surface area contributed by atoms with Gasteiger partial charge >= 0.3 is 0 Å². The quantitative estimate of drug-likeness (QED) is 0.891. The van der Waals surface area contributed by atoms with E-state index in [1.54, 1.807) is 18.3 Å². The predicted molar refractivity (Wildman–Crippen MR) is 76.9 cm³/mol. The number of nitrogens with zero attached hydrogens (tertiary/aromatic N) is 1. The fourth-order valence-corrected chi connectivity index (χ4v) is 2.49. The second kappa shape index (κ2) is 6.90. The van der Waals surface area contributed by atoms with Crippen LogP contribution in [-0.4, -0.2) is 23.4 Å². The van der Waals surface area contributed by atoms with Crippen LogP contribution in [-0.2, 0) is 4.79 Å². The lowest BCUT2D eigenvalue weighted by molar-refractivity contribution is -0.303. The molecule has 0 aliphatic rings. The highest BCUT2D eigenvalue weighted by Crippen LogP contribution is 2.28. The highest BCUT2D eigenvalue weighted by Gasteiger charge is 2.13. The second-order valence-corrected chi connectivity index (χ2v) is 5.39. The SMILES string of the molecule is Cc1ccc(Sc2ncccc2C(=O)NCC(=O)[O-])cc1. The molecular formula is C15H13N2O3S-. The van der Waals surface area contributed by atoms with E-state index in [1.165, 1.54) is 11.8 Å². The Morgan fingerprint density at radius 3 is 2.62 bits per heavy atom. The number of carbonyl (C=O) groups is 2. The molecule has 0 bridgehead atoms. The third kappa shape index (κ3) is 4.32. The van der Waals surface area contributed by atoms with Crippen LogP contribution in [0.3, 0.4) is 0 Å². The molecule has 21 heavy (non-hydrogen) atoms. The average Bonchev–Trinajstić information content (AvgIpc) is 2.48. The van der Waals surface area contributed by atoms with Gasteiger partial charge in [-0.2, -0.15) is 0 Å². The number of aliphatic carboxylic acids is 1. The van der Waals surface area contributed by atoms with Crippen LogP contribution in [0.5, 0.6) is 0 Å². The number of hydrogen-bond donors (Lipinski definition) is 1. The lowest BCUT2D eigenvalue weighted by Crippen LogP contribution is -2.37. The zero-order chi connectivity index (χ0) is 15.2. The molecule has 108 valence electrons. The molecular weight excluding hydrogens is 288 g/mol. The van der Waals surface area contributed by atoms with Crippen molar-refractivity contribution in [3.8, 4) is 0 Å². The maximum absolute atomic E-state index is 12.0. The third-order valence-corrected chi connectivity index (χ3v) is 3.67. The molecule has 0 spiro atoms. The fraction of sp³-hybridized carbons (Fsp3) is 0.133. The van der Waals surface area contributed by atoms with Crippen LogP contribution in [0, 0.1) is 6.92 Å². The first-order valence-electron chi connectivity index (χ1n) is 6.24. The molecule has 1 aromatic carbocycles. The van der Waals surface area contributed by atoms with Gasteiger partial charge in [-0.3, -0.25) is 4.79 Å². The number of carboxylic acids is 1. The largest absolute Gasteiger partial charge is 0.548 e. The number of carbonyl (C=O) groups excluding carboxylic acids is 2. The zero-order valence-corrected chi connectivity index (χ0v) is 12.1. The van der Waals surface area contributed by atoms with Crippen LogP contribution in [0.4, 0.5) is 0 Å². The number of pyridine rings is 1. The van der Waals surface area contributed by atoms with Crippen molar-refractivity contribution in [1.29, 1.82) is 0 Å². The summed E-state index contributed by atoms with van der Waals surface area (Å²) in [6, 6.07) is 11.1. The Bertz CT molecular complexity index is 656. The Labute approximate surface area is 126 Å². The standard InChI is InChI=1S/C15H14N2O3S/c1-10-4-6-11(7-5-10)21-15-12(3-2-8-16-15)14(20)17-9-13(18)19/h2-8H,9H2,1H3,(H,17,20)(H,18,19)/p-1. The van der Waals surface area contributed by atoms with Gasteiger partial charge in [-0.15, -0.1) is 0 Å². The number of amides is 1. The van der Waals surface area contributed by atoms with Crippen LogP contribution in [0.1, 0.15) is 15.9 Å². The molecule has 0 radical (unpaired) electrons. The molecule has 1 aromatic heterocycles. The van der Waals surface area contributed by atoms with E-state index < -0.39 is 18.4 Å². The van der Waals surface area contributed by atoms with Gasteiger partial charge in [0.15, 0.2) is 0 Å². The Hall–Kier alpha value is -2.34. The molecule has 0 saturated carbocycles. The molecule has 0 atom stereocenters. The third-order valence-electron chi connectivity index (χ3n) is 2.64. The number of carboxylic acid groups (broad SMARTS) is 1. The lowest BCUT2D eigenvalue weighted by atomic mass is 10.2. The summed E-state index contributed by atoms with van der Waals surface area (Å²) in [7, 11) is 0. The van der Waals surface area contributed by atoms with Crippen LogP contribution in [0.15, 0.2) is 52.5 Å². The Morgan fingerprint density at radius 2 is 1.95 bits per heavy atom. The Balaban J connectivity index is 2.18. The number of nitrogens with one attached hydrogen (secondary N) is 1. The van der Waals surface area contributed by atoms with E-state index in [2.05, 4.69) is 10.3 Å². The van der Waals surface area contributed by atoms with Crippen LogP contribution in [0.25, 0.3) is 0 Å². The van der Waals surface area contributed by atoms with Gasteiger partial charge in [-0.1, -0.05) is 29.5 Å². The van der Waals surface area contributed by atoms with E-state index in [0.717, 1.165) is 10.5 Å². The molecule has 0 unspecified atom stereocenters. The Morgan fingerprint density at radius 1 is 1.24 bits per heavy atom. The first-order chi connectivity index (χ1) is 10.1. The number of hydrogen-bond acceptors (Lipinski definition) is 5. The van der Waals surface area contributed by atoms with Crippen LogP contribution in [0.2, 0.25) is 0 Å². The van der Waals surface area contributed by atoms with Gasteiger partial charge in [0.05, 0.1) is 18.1 Å². The molecule has 1 N–H and O–H groups in total. The van der Waals surface area contributed by atoms with Gasteiger partial charge in [-0.05, 0) is 31.2 Å². The summed E-state index contributed by atoms with van der Waals surface area (Å²) in [5.41, 5.74) is 1.48. The normalized spacial score (nSPS) is 10.1. The summed E-state index contributed by atoms with van der Waals surface area (Å²) in [5.74, 6) is -1.82. The summed E-state index contributed by atoms with van der Waals surface area (Å²) < 4.78 is 0. The molecule has 6 heteroatoms. The monoisotopic (exact) mass is 301 g/mol. The van der Waals surface area contributed by atoms with Crippen molar-refractivity contribution in [2.45, 2.75) is 16.8 Å².